The van der Waals surface area contributed by atoms with Crippen LogP contribution in [0, 0.1) is 16.7 Å². The van der Waals surface area contributed by atoms with E-state index in [1.54, 1.807) is 0 Å². The number of carbonyl (C=O) groups excluding carboxylic acids is 1. The van der Waals surface area contributed by atoms with Gasteiger partial charge >= 0.3 is 12.2 Å². The van der Waals surface area contributed by atoms with Gasteiger partial charge in [-0.2, -0.15) is 23.2 Å². The summed E-state index contributed by atoms with van der Waals surface area (Å²) in [6, 6.07) is 1.94. The Morgan fingerprint density at radius 1 is 1.08 bits per heavy atom. The average molecular weight is 506 g/mol. The zero-order valence-electron chi connectivity index (χ0n) is 20.2. The van der Waals surface area contributed by atoms with Crippen LogP contribution < -0.4 is 10.2 Å². The molecule has 12 heteroatoms. The van der Waals surface area contributed by atoms with E-state index in [9.17, 15) is 18.0 Å². The van der Waals surface area contributed by atoms with E-state index in [-0.39, 0.29) is 35.0 Å². The minimum atomic E-state index is -4.59. The number of amidine groups is 1. The topological polar surface area (TPSA) is 86.2 Å². The largest absolute Gasteiger partial charge is 0.474 e. The van der Waals surface area contributed by atoms with Gasteiger partial charge in [-0.1, -0.05) is 0 Å². The summed E-state index contributed by atoms with van der Waals surface area (Å²) >= 11 is 0. The Labute approximate surface area is 207 Å². The number of ether oxygens (including phenoxy) is 1. The molecule has 0 radical (unpaired) electrons. The van der Waals surface area contributed by atoms with Crippen molar-refractivity contribution < 1.29 is 22.7 Å². The molecule has 6 aliphatic rings. The van der Waals surface area contributed by atoms with Crippen molar-refractivity contribution in [3.05, 3.63) is 18.1 Å². The van der Waals surface area contributed by atoms with Gasteiger partial charge in [-0.05, 0) is 45.4 Å². The first kappa shape index (κ1) is 22.6. The molecule has 0 bridgehead atoms. The minimum Gasteiger partial charge on any atom is -0.474 e. The van der Waals surface area contributed by atoms with Crippen LogP contribution in [0.25, 0.3) is 0 Å². The number of hydrogen-bond donors (Lipinski definition) is 1. The zero-order chi connectivity index (χ0) is 24.9. The molecule has 3 saturated carbocycles. The number of hydrazine groups is 1. The molecule has 1 unspecified atom stereocenters. The van der Waals surface area contributed by atoms with Crippen LogP contribution in [0.5, 0.6) is 5.88 Å². The SMILES string of the molecule is CC1N=C(C2CC2)NN1C1CC2(C1)CN(C(=O)N1CC3(CC(Oc4ccnc(C(F)(F)F)n4)C3)C1)C2. The Morgan fingerprint density at radius 2 is 1.72 bits per heavy atom. The Balaban J connectivity index is 0.838. The maximum absolute atomic E-state index is 12.9. The van der Waals surface area contributed by atoms with Crippen LogP contribution >= 0.6 is 0 Å². The number of rotatable bonds is 4. The lowest BCUT2D eigenvalue weighted by Crippen LogP contribution is -2.73. The van der Waals surface area contributed by atoms with Gasteiger partial charge in [-0.15, -0.1) is 0 Å². The number of urea groups is 1. The number of amides is 2. The first-order chi connectivity index (χ1) is 17.1. The van der Waals surface area contributed by atoms with Gasteiger partial charge in [0, 0.05) is 61.2 Å². The lowest BCUT2D eigenvalue weighted by atomic mass is 9.60. The number of hydrogen-bond acceptors (Lipinski definition) is 7. The molecule has 0 aromatic carbocycles. The Hall–Kier alpha value is -2.63. The molecular weight excluding hydrogens is 475 g/mol. The summed E-state index contributed by atoms with van der Waals surface area (Å²) in [4.78, 5) is 28.3. The summed E-state index contributed by atoms with van der Waals surface area (Å²) in [5.41, 5.74) is 3.83. The first-order valence-corrected chi connectivity index (χ1v) is 12.8. The maximum atomic E-state index is 12.9. The third-order valence-corrected chi connectivity index (χ3v) is 8.81. The third kappa shape index (κ3) is 3.71. The molecular formula is C24H30F3N7O2. The highest BCUT2D eigenvalue weighted by molar-refractivity contribution is 5.87. The molecule has 7 rings (SSSR count). The van der Waals surface area contributed by atoms with E-state index in [1.807, 2.05) is 9.80 Å². The van der Waals surface area contributed by atoms with Gasteiger partial charge in [0.15, 0.2) is 0 Å². The van der Waals surface area contributed by atoms with Crippen LogP contribution in [-0.4, -0.2) is 81.1 Å². The van der Waals surface area contributed by atoms with E-state index in [4.69, 9.17) is 9.73 Å². The van der Waals surface area contributed by atoms with E-state index in [2.05, 4.69) is 27.3 Å². The van der Waals surface area contributed by atoms with Gasteiger partial charge in [0.1, 0.15) is 18.1 Å². The minimum absolute atomic E-state index is 0.0289. The number of likely N-dealkylation sites (tertiary alicyclic amines) is 2. The van der Waals surface area contributed by atoms with Crippen molar-refractivity contribution in [3.8, 4) is 5.88 Å². The van der Waals surface area contributed by atoms with Gasteiger partial charge in [-0.3, -0.25) is 4.99 Å². The van der Waals surface area contributed by atoms with Crippen LogP contribution in [0.15, 0.2) is 17.3 Å². The number of alkyl halides is 3. The zero-order valence-corrected chi connectivity index (χ0v) is 20.2. The summed E-state index contributed by atoms with van der Waals surface area (Å²) < 4.78 is 44.0. The molecule has 4 heterocycles. The molecule has 1 aromatic heterocycles. The molecule has 3 aliphatic heterocycles. The molecule has 36 heavy (non-hydrogen) atoms. The molecule has 1 atom stereocenters. The van der Waals surface area contributed by atoms with E-state index in [1.165, 1.54) is 18.9 Å². The fourth-order valence-corrected chi connectivity index (χ4v) is 6.82. The average Bonchev–Trinajstić information content (AvgIpc) is 3.49. The highest BCUT2D eigenvalue weighted by Crippen LogP contribution is 2.53. The maximum Gasteiger partial charge on any atom is 0.451 e. The molecule has 1 N–H and O–H groups in total. The van der Waals surface area contributed by atoms with Crippen molar-refractivity contribution in [2.75, 3.05) is 26.2 Å². The molecule has 9 nitrogen and oxygen atoms in total. The fourth-order valence-electron chi connectivity index (χ4n) is 6.82. The third-order valence-electron chi connectivity index (χ3n) is 8.81. The summed E-state index contributed by atoms with van der Waals surface area (Å²) in [5.74, 6) is 0.549. The number of nitrogens with zero attached hydrogens (tertiary/aromatic N) is 6. The highest BCUT2D eigenvalue weighted by atomic mass is 19.4. The van der Waals surface area contributed by atoms with Crippen LogP contribution in [0.3, 0.4) is 0 Å². The second-order valence-corrected chi connectivity index (χ2v) is 11.9. The second-order valence-electron chi connectivity index (χ2n) is 11.9. The summed E-state index contributed by atoms with van der Waals surface area (Å²) in [6.07, 6.45) is 2.62. The smallest absolute Gasteiger partial charge is 0.451 e. The van der Waals surface area contributed by atoms with Crippen molar-refractivity contribution in [2.45, 2.75) is 69.9 Å². The Bertz CT molecular complexity index is 1100. The number of halogens is 3. The highest BCUT2D eigenvalue weighted by Gasteiger charge is 2.60. The van der Waals surface area contributed by atoms with Crippen LogP contribution in [0.4, 0.5) is 18.0 Å². The predicted octanol–water partition coefficient (Wildman–Crippen LogP) is 2.90. The van der Waals surface area contributed by atoms with Crippen LogP contribution in [0.1, 0.15) is 51.3 Å². The fraction of sp³-hybridized carbons (Fsp3) is 0.750. The van der Waals surface area contributed by atoms with E-state index in [0.717, 1.165) is 50.8 Å². The van der Waals surface area contributed by atoms with E-state index >= 15 is 0 Å². The standard InChI is InChI=1S/C24H30F3N7O2/c1-14-29-19(15-2-3-15)31-34(14)16-6-22(7-16)10-32(11-22)21(35)33-12-23(13-33)8-17(9-23)36-18-4-5-28-20(30-18)24(25,26)27/h4-5,14-17H,2-3,6-13H2,1H3,(H,29,31). The molecule has 1 aromatic rings. The summed E-state index contributed by atoms with van der Waals surface area (Å²) in [6.45, 7) is 5.17. The van der Waals surface area contributed by atoms with Crippen molar-refractivity contribution in [3.63, 3.8) is 0 Å². The van der Waals surface area contributed by atoms with E-state index in [0.29, 0.717) is 25.0 Å². The first-order valence-electron chi connectivity index (χ1n) is 12.8. The molecule has 2 spiro atoms. The van der Waals surface area contributed by atoms with Crippen molar-refractivity contribution in [2.24, 2.45) is 21.7 Å². The number of aliphatic imine (C=N–C) groups is 1. The monoisotopic (exact) mass is 505 g/mol. The lowest BCUT2D eigenvalue weighted by Gasteiger charge is -2.63. The molecule has 2 saturated heterocycles. The lowest BCUT2D eigenvalue weighted by molar-refractivity contribution is -0.146. The Kier molecular flexibility index (Phi) is 4.67. The molecule has 194 valence electrons. The van der Waals surface area contributed by atoms with Gasteiger partial charge in [0.2, 0.25) is 11.7 Å². The van der Waals surface area contributed by atoms with Gasteiger partial charge in [0.25, 0.3) is 0 Å². The predicted molar refractivity (Wildman–Crippen MR) is 122 cm³/mol. The van der Waals surface area contributed by atoms with Crippen LogP contribution in [-0.2, 0) is 6.18 Å². The quantitative estimate of drug-likeness (QED) is 0.678. The van der Waals surface area contributed by atoms with Crippen molar-refractivity contribution >= 4 is 11.9 Å². The Morgan fingerprint density at radius 3 is 2.33 bits per heavy atom. The number of nitrogens with one attached hydrogen (secondary N) is 1. The van der Waals surface area contributed by atoms with Gasteiger partial charge < -0.3 is 20.0 Å². The summed E-state index contributed by atoms with van der Waals surface area (Å²) in [7, 11) is 0. The van der Waals surface area contributed by atoms with Gasteiger partial charge in [-0.25, -0.2) is 9.78 Å². The number of aromatic nitrogens is 2. The van der Waals surface area contributed by atoms with Crippen molar-refractivity contribution in [1.29, 1.82) is 0 Å². The number of carbonyl (C=O) groups is 1. The van der Waals surface area contributed by atoms with Crippen molar-refractivity contribution in [1.82, 2.24) is 30.2 Å². The normalized spacial score (nSPS) is 29.2. The van der Waals surface area contributed by atoms with Gasteiger partial charge in [0.05, 0.1) is 0 Å². The summed E-state index contributed by atoms with van der Waals surface area (Å²) in [5, 5.41) is 2.31. The van der Waals surface area contributed by atoms with E-state index < -0.39 is 12.0 Å². The van der Waals surface area contributed by atoms with Crippen LogP contribution in [0.2, 0.25) is 0 Å². The molecule has 3 aliphatic carbocycles. The molecule has 5 fully saturated rings. The molecule has 2 amide bonds. The second kappa shape index (κ2) is 7.45.